The lowest BCUT2D eigenvalue weighted by Crippen LogP contribution is -2.27. The van der Waals surface area contributed by atoms with Crippen LogP contribution in [0.15, 0.2) is 52.5 Å². The molecule has 0 spiro atoms. The zero-order valence-electron chi connectivity index (χ0n) is 18.1. The van der Waals surface area contributed by atoms with E-state index < -0.39 is 22.8 Å². The normalized spacial score (nSPS) is 12.2. The van der Waals surface area contributed by atoms with Gasteiger partial charge in [0.15, 0.2) is 5.16 Å². The van der Waals surface area contributed by atoms with E-state index in [1.807, 2.05) is 26.0 Å². The summed E-state index contributed by atoms with van der Waals surface area (Å²) >= 11 is 2.52. The number of benzene rings is 1. The number of hydrogen-bond donors (Lipinski definition) is 1. The highest BCUT2D eigenvalue weighted by Gasteiger charge is 2.22. The van der Waals surface area contributed by atoms with Crippen molar-refractivity contribution in [2.24, 2.45) is 0 Å². The van der Waals surface area contributed by atoms with Crippen LogP contribution in [0.4, 0.5) is 14.5 Å². The molecule has 1 amide bonds. The second-order valence-electron chi connectivity index (χ2n) is 7.44. The maximum Gasteiger partial charge on any atom is 0.263 e. The van der Waals surface area contributed by atoms with Gasteiger partial charge < -0.3 is 5.32 Å². The highest BCUT2D eigenvalue weighted by atomic mass is 32.2. The first-order valence-electron chi connectivity index (χ1n) is 10.1. The van der Waals surface area contributed by atoms with Crippen LogP contribution in [0.25, 0.3) is 10.2 Å². The van der Waals surface area contributed by atoms with Gasteiger partial charge in [0, 0.05) is 17.1 Å². The first-order valence-corrected chi connectivity index (χ1v) is 11.8. The minimum atomic E-state index is -0.864. The van der Waals surface area contributed by atoms with E-state index in [0.717, 1.165) is 28.3 Å². The van der Waals surface area contributed by atoms with Gasteiger partial charge in [-0.05, 0) is 50.6 Å². The van der Waals surface area contributed by atoms with E-state index in [1.165, 1.54) is 22.0 Å². The molecule has 1 unspecified atom stereocenters. The first-order chi connectivity index (χ1) is 15.7. The van der Waals surface area contributed by atoms with Crippen molar-refractivity contribution in [3.8, 4) is 0 Å². The first kappa shape index (κ1) is 23.1. The molecule has 33 heavy (non-hydrogen) atoms. The van der Waals surface area contributed by atoms with Gasteiger partial charge in [0.1, 0.15) is 16.5 Å². The van der Waals surface area contributed by atoms with Crippen molar-refractivity contribution >= 4 is 44.9 Å². The number of thioether (sulfide) groups is 1. The number of rotatable bonds is 6. The van der Waals surface area contributed by atoms with Crippen LogP contribution >= 0.6 is 23.1 Å². The summed E-state index contributed by atoms with van der Waals surface area (Å²) in [7, 11) is 0. The summed E-state index contributed by atoms with van der Waals surface area (Å²) in [6, 6.07) is 8.37. The van der Waals surface area contributed by atoms with Crippen molar-refractivity contribution in [1.82, 2.24) is 14.5 Å². The smallest absolute Gasteiger partial charge is 0.263 e. The quantitative estimate of drug-likeness (QED) is 0.309. The monoisotopic (exact) mass is 486 g/mol. The Morgan fingerprint density at radius 1 is 1.24 bits per heavy atom. The number of pyridine rings is 1. The molecule has 0 saturated carbocycles. The minimum Gasteiger partial charge on any atom is -0.323 e. The summed E-state index contributed by atoms with van der Waals surface area (Å²) in [6.07, 6.45) is 1.65. The molecule has 1 N–H and O–H groups in total. The molecule has 0 fully saturated rings. The molecule has 4 aromatic rings. The Morgan fingerprint density at radius 3 is 2.73 bits per heavy atom. The maximum atomic E-state index is 14.0. The predicted molar refractivity (Wildman–Crippen MR) is 127 cm³/mol. The zero-order valence-corrected chi connectivity index (χ0v) is 19.7. The van der Waals surface area contributed by atoms with Crippen LogP contribution in [0.5, 0.6) is 0 Å². The van der Waals surface area contributed by atoms with Crippen molar-refractivity contribution in [1.29, 1.82) is 0 Å². The zero-order chi connectivity index (χ0) is 23.7. The van der Waals surface area contributed by atoms with E-state index in [9.17, 15) is 18.4 Å². The van der Waals surface area contributed by atoms with Crippen LogP contribution in [0.3, 0.4) is 0 Å². The average molecular weight is 487 g/mol. The summed E-state index contributed by atoms with van der Waals surface area (Å²) < 4.78 is 28.6. The summed E-state index contributed by atoms with van der Waals surface area (Å²) in [5.41, 5.74) is 1.24. The molecule has 0 aliphatic heterocycles. The van der Waals surface area contributed by atoms with E-state index in [4.69, 9.17) is 0 Å². The van der Waals surface area contributed by atoms with E-state index in [0.29, 0.717) is 27.1 Å². The van der Waals surface area contributed by atoms with Crippen LogP contribution in [0.1, 0.15) is 23.1 Å². The van der Waals surface area contributed by atoms with Gasteiger partial charge in [-0.25, -0.2) is 13.8 Å². The van der Waals surface area contributed by atoms with Crippen LogP contribution in [0, 0.1) is 25.5 Å². The number of halogens is 2. The number of amides is 1. The average Bonchev–Trinajstić information content (AvgIpc) is 3.06. The van der Waals surface area contributed by atoms with Crippen molar-refractivity contribution in [3.63, 3.8) is 0 Å². The van der Waals surface area contributed by atoms with Gasteiger partial charge in [-0.2, -0.15) is 0 Å². The van der Waals surface area contributed by atoms with Crippen molar-refractivity contribution in [2.45, 2.75) is 37.7 Å². The number of hydrogen-bond acceptors (Lipinski definition) is 6. The highest BCUT2D eigenvalue weighted by molar-refractivity contribution is 8.00. The third-order valence-corrected chi connectivity index (χ3v) is 7.33. The fraction of sp³-hybridized carbons (Fsp3) is 0.217. The lowest BCUT2D eigenvalue weighted by atomic mass is 10.2. The lowest BCUT2D eigenvalue weighted by molar-refractivity contribution is -0.115. The van der Waals surface area contributed by atoms with Gasteiger partial charge in [0.2, 0.25) is 5.91 Å². The summed E-state index contributed by atoms with van der Waals surface area (Å²) in [5, 5.41) is 2.67. The molecular weight excluding hydrogens is 466 g/mol. The van der Waals surface area contributed by atoms with Crippen LogP contribution < -0.4 is 10.9 Å². The summed E-state index contributed by atoms with van der Waals surface area (Å²) in [6.45, 7) is 5.65. The summed E-state index contributed by atoms with van der Waals surface area (Å²) in [4.78, 5) is 36.7. The lowest BCUT2D eigenvalue weighted by Gasteiger charge is -2.16. The Balaban J connectivity index is 1.68. The van der Waals surface area contributed by atoms with E-state index >= 15 is 0 Å². The van der Waals surface area contributed by atoms with Crippen molar-refractivity contribution < 1.29 is 13.6 Å². The van der Waals surface area contributed by atoms with E-state index in [2.05, 4.69) is 15.3 Å². The molecule has 0 aliphatic rings. The molecule has 0 radical (unpaired) electrons. The Morgan fingerprint density at radius 2 is 2.03 bits per heavy atom. The number of anilines is 1. The molecule has 0 aliphatic carbocycles. The number of nitrogens with zero attached hydrogens (tertiary/aromatic N) is 3. The standard InChI is InChI=1S/C23H20F2N4O2S2/c1-12-13(2)32-21-19(12)22(31)29(11-16-6-4-5-9-26-16)23(28-21)33-14(3)20(30)27-18-8-7-15(24)10-17(18)25/h4-10,14H,11H2,1-3H3,(H,27,30). The van der Waals surface area contributed by atoms with Crippen molar-refractivity contribution in [2.75, 3.05) is 5.32 Å². The minimum absolute atomic E-state index is 0.118. The number of carbonyl (C=O) groups is 1. The topological polar surface area (TPSA) is 76.9 Å². The van der Waals surface area contributed by atoms with Crippen LogP contribution in [-0.4, -0.2) is 25.7 Å². The number of nitrogens with one attached hydrogen (secondary N) is 1. The molecule has 0 saturated heterocycles. The maximum absolute atomic E-state index is 14.0. The van der Waals surface area contributed by atoms with Crippen LogP contribution in [-0.2, 0) is 11.3 Å². The molecule has 0 bridgehead atoms. The third-order valence-electron chi connectivity index (χ3n) is 5.14. The van der Waals surface area contributed by atoms with Gasteiger partial charge in [-0.15, -0.1) is 11.3 Å². The second-order valence-corrected chi connectivity index (χ2v) is 9.95. The van der Waals surface area contributed by atoms with Gasteiger partial charge >= 0.3 is 0 Å². The molecule has 3 heterocycles. The molecular formula is C23H20F2N4O2S2. The Bertz CT molecular complexity index is 1400. The second kappa shape index (κ2) is 9.40. The van der Waals surface area contributed by atoms with Gasteiger partial charge in [0.05, 0.1) is 28.6 Å². The molecule has 3 aromatic heterocycles. The molecule has 170 valence electrons. The number of aryl methyl sites for hydroxylation is 2. The van der Waals surface area contributed by atoms with E-state index in [-0.39, 0.29) is 17.8 Å². The summed E-state index contributed by atoms with van der Waals surface area (Å²) in [5.74, 6) is -2.09. The predicted octanol–water partition coefficient (Wildman–Crippen LogP) is 4.92. The number of carbonyl (C=O) groups excluding carboxylic acids is 1. The molecule has 6 nitrogen and oxygen atoms in total. The van der Waals surface area contributed by atoms with Gasteiger partial charge in [-0.1, -0.05) is 17.8 Å². The van der Waals surface area contributed by atoms with E-state index in [1.54, 1.807) is 19.2 Å². The number of thiophene rings is 1. The fourth-order valence-corrected chi connectivity index (χ4v) is 5.21. The van der Waals surface area contributed by atoms with Gasteiger partial charge in [-0.3, -0.25) is 19.1 Å². The number of fused-ring (bicyclic) bond motifs is 1. The fourth-order valence-electron chi connectivity index (χ4n) is 3.23. The number of aromatic nitrogens is 3. The van der Waals surface area contributed by atoms with Crippen molar-refractivity contribution in [3.05, 3.63) is 80.7 Å². The Labute approximate surface area is 196 Å². The third kappa shape index (κ3) is 4.81. The van der Waals surface area contributed by atoms with Crippen LogP contribution in [0.2, 0.25) is 0 Å². The highest BCUT2D eigenvalue weighted by Crippen LogP contribution is 2.30. The van der Waals surface area contributed by atoms with Gasteiger partial charge in [0.25, 0.3) is 5.56 Å². The Kier molecular flexibility index (Phi) is 6.57. The molecule has 4 rings (SSSR count). The molecule has 1 atom stereocenters. The Hall–Kier alpha value is -3.11. The largest absolute Gasteiger partial charge is 0.323 e. The molecule has 1 aromatic carbocycles. The SMILES string of the molecule is Cc1sc2nc(SC(C)C(=O)Nc3ccc(F)cc3F)n(Cc3ccccn3)c(=O)c2c1C. The molecule has 10 heteroatoms.